The third-order valence-electron chi connectivity index (χ3n) is 2.47. The van der Waals surface area contributed by atoms with Gasteiger partial charge >= 0.3 is 0 Å². The van der Waals surface area contributed by atoms with Gasteiger partial charge in [-0.15, -0.1) is 11.3 Å². The zero-order valence-corrected chi connectivity index (χ0v) is 11.3. The average Bonchev–Trinajstić information content (AvgIpc) is 2.70. The van der Waals surface area contributed by atoms with Gasteiger partial charge in [-0.2, -0.15) is 0 Å². The van der Waals surface area contributed by atoms with Crippen LogP contribution in [0.1, 0.15) is 20.8 Å². The third kappa shape index (κ3) is 2.72. The highest BCUT2D eigenvalue weighted by Gasteiger charge is 2.14. The van der Waals surface area contributed by atoms with Gasteiger partial charge in [0, 0.05) is 5.69 Å². The van der Waals surface area contributed by atoms with Crippen LogP contribution in [0.3, 0.4) is 0 Å². The summed E-state index contributed by atoms with van der Waals surface area (Å²) in [5, 5.41) is 14.1. The number of thiophene rings is 1. The van der Waals surface area contributed by atoms with Crippen molar-refractivity contribution in [1.29, 1.82) is 0 Å². The Morgan fingerprint density at radius 2 is 2.28 bits per heavy atom. The number of carbonyl (C=O) groups excluding carboxylic acids is 1. The molecule has 0 atom stereocenters. The van der Waals surface area contributed by atoms with Gasteiger partial charge in [0.15, 0.2) is 0 Å². The van der Waals surface area contributed by atoms with Crippen molar-refractivity contribution in [3.05, 3.63) is 50.7 Å². The molecule has 0 radical (unpaired) electrons. The highest BCUT2D eigenvalue weighted by Crippen LogP contribution is 2.27. The molecule has 0 unspecified atom stereocenters. The highest BCUT2D eigenvalue weighted by atomic mass is 35.5. The van der Waals surface area contributed by atoms with Gasteiger partial charge in [-0.3, -0.25) is 4.79 Å². The second kappa shape index (κ2) is 5.52. The lowest BCUT2D eigenvalue weighted by molar-refractivity contribution is 0.103. The van der Waals surface area contributed by atoms with E-state index < -0.39 is 0 Å². The zero-order valence-electron chi connectivity index (χ0n) is 9.74. The van der Waals surface area contributed by atoms with E-state index in [1.807, 2.05) is 12.3 Å². The molecule has 5 heteroatoms. The number of rotatable bonds is 3. The molecule has 0 saturated heterocycles. The monoisotopic (exact) mass is 281 g/mol. The van der Waals surface area contributed by atoms with E-state index in [9.17, 15) is 4.79 Å². The van der Waals surface area contributed by atoms with Gasteiger partial charge in [0.05, 0.1) is 11.6 Å². The first kappa shape index (κ1) is 13.1. The lowest BCUT2D eigenvalue weighted by Gasteiger charge is -2.05. The molecule has 18 heavy (non-hydrogen) atoms. The van der Waals surface area contributed by atoms with Crippen LogP contribution in [0.5, 0.6) is 0 Å². The van der Waals surface area contributed by atoms with Crippen molar-refractivity contribution in [2.45, 2.75) is 13.5 Å². The SMILES string of the molecule is Cc1csc(C(=O)Nc2cccc(CO)c2)c1Cl. The quantitative estimate of drug-likeness (QED) is 0.905. The smallest absolute Gasteiger partial charge is 0.267 e. The molecule has 94 valence electrons. The first-order valence-electron chi connectivity index (χ1n) is 5.36. The highest BCUT2D eigenvalue weighted by molar-refractivity contribution is 7.13. The molecule has 0 aliphatic carbocycles. The summed E-state index contributed by atoms with van der Waals surface area (Å²) in [5.74, 6) is -0.229. The van der Waals surface area contributed by atoms with Gasteiger partial charge in [0.25, 0.3) is 5.91 Å². The van der Waals surface area contributed by atoms with E-state index in [1.54, 1.807) is 24.3 Å². The minimum absolute atomic E-state index is 0.0530. The van der Waals surface area contributed by atoms with Crippen molar-refractivity contribution in [3.63, 3.8) is 0 Å². The van der Waals surface area contributed by atoms with Crippen LogP contribution in [-0.2, 0) is 6.61 Å². The molecule has 0 aliphatic heterocycles. The van der Waals surface area contributed by atoms with E-state index in [1.165, 1.54) is 11.3 Å². The second-order valence-electron chi connectivity index (χ2n) is 3.87. The van der Waals surface area contributed by atoms with Gasteiger partial charge in [0.2, 0.25) is 0 Å². The first-order valence-corrected chi connectivity index (χ1v) is 6.62. The number of aryl methyl sites for hydroxylation is 1. The molecule has 1 heterocycles. The maximum Gasteiger partial charge on any atom is 0.267 e. The number of benzene rings is 1. The lowest BCUT2D eigenvalue weighted by Crippen LogP contribution is -2.10. The number of hydrogen-bond donors (Lipinski definition) is 2. The van der Waals surface area contributed by atoms with Crippen molar-refractivity contribution >= 4 is 34.5 Å². The second-order valence-corrected chi connectivity index (χ2v) is 5.13. The Kier molecular flexibility index (Phi) is 4.01. The number of anilines is 1. The Morgan fingerprint density at radius 1 is 1.50 bits per heavy atom. The zero-order chi connectivity index (χ0) is 13.1. The molecule has 1 aromatic carbocycles. The van der Waals surface area contributed by atoms with E-state index in [2.05, 4.69) is 5.32 Å². The Hall–Kier alpha value is -1.36. The number of amides is 1. The van der Waals surface area contributed by atoms with Gasteiger partial charge in [-0.05, 0) is 35.6 Å². The predicted octanol–water partition coefficient (Wildman–Crippen LogP) is 3.45. The summed E-state index contributed by atoms with van der Waals surface area (Å²) in [6.07, 6.45) is 0. The van der Waals surface area contributed by atoms with E-state index in [-0.39, 0.29) is 12.5 Å². The summed E-state index contributed by atoms with van der Waals surface area (Å²) in [5.41, 5.74) is 2.30. The molecular formula is C13H12ClNO2S. The Labute approximate surface area is 114 Å². The van der Waals surface area contributed by atoms with Gasteiger partial charge < -0.3 is 10.4 Å². The van der Waals surface area contributed by atoms with Crippen molar-refractivity contribution in [2.24, 2.45) is 0 Å². The number of aliphatic hydroxyl groups is 1. The summed E-state index contributed by atoms with van der Waals surface area (Å²) >= 11 is 7.36. The predicted molar refractivity (Wildman–Crippen MR) is 74.4 cm³/mol. The summed E-state index contributed by atoms with van der Waals surface area (Å²) in [7, 11) is 0. The molecule has 0 bridgehead atoms. The summed E-state index contributed by atoms with van der Waals surface area (Å²) in [6.45, 7) is 1.81. The fourth-order valence-electron chi connectivity index (χ4n) is 1.52. The summed E-state index contributed by atoms with van der Waals surface area (Å²) in [4.78, 5) is 12.5. The topological polar surface area (TPSA) is 49.3 Å². The molecule has 0 aliphatic rings. The molecule has 2 aromatic rings. The fraction of sp³-hybridized carbons (Fsp3) is 0.154. The Bertz CT molecular complexity index is 580. The molecule has 2 rings (SSSR count). The maximum absolute atomic E-state index is 12.0. The van der Waals surface area contributed by atoms with Crippen molar-refractivity contribution in [2.75, 3.05) is 5.32 Å². The fourth-order valence-corrected chi connectivity index (χ4v) is 2.69. The van der Waals surface area contributed by atoms with Crippen LogP contribution < -0.4 is 5.32 Å². The minimum Gasteiger partial charge on any atom is -0.392 e. The van der Waals surface area contributed by atoms with Crippen LogP contribution in [-0.4, -0.2) is 11.0 Å². The van der Waals surface area contributed by atoms with Crippen LogP contribution >= 0.6 is 22.9 Å². The van der Waals surface area contributed by atoms with Crippen LogP contribution in [0.25, 0.3) is 0 Å². The van der Waals surface area contributed by atoms with Gasteiger partial charge in [-0.1, -0.05) is 23.7 Å². The molecular weight excluding hydrogens is 270 g/mol. The van der Waals surface area contributed by atoms with E-state index in [0.29, 0.717) is 15.6 Å². The van der Waals surface area contributed by atoms with E-state index in [4.69, 9.17) is 16.7 Å². The molecule has 1 aromatic heterocycles. The van der Waals surface area contributed by atoms with Crippen LogP contribution in [0.2, 0.25) is 5.02 Å². The molecule has 0 saturated carbocycles. The normalized spacial score (nSPS) is 10.4. The molecule has 2 N–H and O–H groups in total. The molecule has 0 fully saturated rings. The number of halogens is 1. The molecule has 0 spiro atoms. The molecule has 3 nitrogen and oxygen atoms in total. The number of aliphatic hydroxyl groups excluding tert-OH is 1. The summed E-state index contributed by atoms with van der Waals surface area (Å²) in [6, 6.07) is 7.07. The number of nitrogens with one attached hydrogen (secondary N) is 1. The Balaban J connectivity index is 2.18. The molecule has 1 amide bonds. The first-order chi connectivity index (χ1) is 8.61. The van der Waals surface area contributed by atoms with Crippen molar-refractivity contribution in [3.8, 4) is 0 Å². The van der Waals surface area contributed by atoms with E-state index >= 15 is 0 Å². The van der Waals surface area contributed by atoms with Gasteiger partial charge in [0.1, 0.15) is 4.88 Å². The average molecular weight is 282 g/mol. The van der Waals surface area contributed by atoms with Crippen molar-refractivity contribution < 1.29 is 9.90 Å². The van der Waals surface area contributed by atoms with Crippen LogP contribution in [0.4, 0.5) is 5.69 Å². The van der Waals surface area contributed by atoms with Crippen LogP contribution in [0.15, 0.2) is 29.6 Å². The Morgan fingerprint density at radius 3 is 2.89 bits per heavy atom. The minimum atomic E-state index is -0.229. The summed E-state index contributed by atoms with van der Waals surface area (Å²) < 4.78 is 0. The standard InChI is InChI=1S/C13H12ClNO2S/c1-8-7-18-12(11(8)14)13(17)15-10-4-2-3-9(5-10)6-16/h2-5,7,16H,6H2,1H3,(H,15,17). The van der Waals surface area contributed by atoms with Crippen LogP contribution in [0, 0.1) is 6.92 Å². The number of hydrogen-bond acceptors (Lipinski definition) is 3. The number of carbonyl (C=O) groups is 1. The maximum atomic E-state index is 12.0. The lowest BCUT2D eigenvalue weighted by atomic mass is 10.2. The van der Waals surface area contributed by atoms with Gasteiger partial charge in [-0.25, -0.2) is 0 Å². The largest absolute Gasteiger partial charge is 0.392 e. The van der Waals surface area contributed by atoms with E-state index in [0.717, 1.165) is 11.1 Å². The third-order valence-corrected chi connectivity index (χ3v) is 4.17. The van der Waals surface area contributed by atoms with Crippen molar-refractivity contribution in [1.82, 2.24) is 0 Å².